The molecule has 0 saturated carbocycles. The highest BCUT2D eigenvalue weighted by molar-refractivity contribution is 7.98. The zero-order valence-corrected chi connectivity index (χ0v) is 10.8. The predicted molar refractivity (Wildman–Crippen MR) is 73.8 cm³/mol. The first-order valence-electron chi connectivity index (χ1n) is 5.57. The van der Waals surface area contributed by atoms with Crippen molar-refractivity contribution in [1.82, 2.24) is 0 Å². The van der Waals surface area contributed by atoms with Crippen LogP contribution in [0.4, 0.5) is 10.1 Å². The summed E-state index contributed by atoms with van der Waals surface area (Å²) in [5.74, 6) is -0.823. The van der Waals surface area contributed by atoms with Crippen molar-refractivity contribution in [1.29, 1.82) is 0 Å². The first-order chi connectivity index (χ1) is 9.08. The minimum atomic E-state index is -1.02. The van der Waals surface area contributed by atoms with E-state index in [2.05, 4.69) is 0 Å². The molecule has 0 aromatic heterocycles. The third kappa shape index (κ3) is 3.26. The van der Waals surface area contributed by atoms with Crippen LogP contribution in [-0.2, 0) is 5.75 Å². The van der Waals surface area contributed by atoms with Crippen molar-refractivity contribution >= 4 is 23.4 Å². The van der Waals surface area contributed by atoms with E-state index < -0.39 is 5.97 Å². The first kappa shape index (κ1) is 13.4. The molecule has 0 atom stereocenters. The number of carboxylic acids is 1. The predicted octanol–water partition coefficient (Wildman–Crippen LogP) is 3.40. The van der Waals surface area contributed by atoms with Crippen molar-refractivity contribution in [2.75, 3.05) is 5.73 Å². The molecule has 0 radical (unpaired) electrons. The lowest BCUT2D eigenvalue weighted by Gasteiger charge is -2.07. The first-order valence-corrected chi connectivity index (χ1v) is 6.55. The maximum atomic E-state index is 13.4. The summed E-state index contributed by atoms with van der Waals surface area (Å²) in [6, 6.07) is 11.1. The molecule has 2 aromatic carbocycles. The van der Waals surface area contributed by atoms with E-state index in [0.717, 1.165) is 4.90 Å². The van der Waals surface area contributed by atoms with Crippen LogP contribution >= 0.6 is 11.8 Å². The fourth-order valence-electron chi connectivity index (χ4n) is 1.58. The summed E-state index contributed by atoms with van der Waals surface area (Å²) in [5.41, 5.74) is 6.91. The van der Waals surface area contributed by atoms with Crippen molar-refractivity contribution in [3.63, 3.8) is 0 Å². The minimum Gasteiger partial charge on any atom is -0.478 e. The molecular weight excluding hydrogens is 265 g/mol. The molecule has 0 unspecified atom stereocenters. The number of benzene rings is 2. The van der Waals surface area contributed by atoms with E-state index in [1.807, 2.05) is 0 Å². The average molecular weight is 277 g/mol. The number of rotatable bonds is 4. The normalized spacial score (nSPS) is 10.4. The fourth-order valence-corrected chi connectivity index (χ4v) is 2.52. The van der Waals surface area contributed by atoms with E-state index in [1.54, 1.807) is 24.3 Å². The lowest BCUT2D eigenvalue weighted by molar-refractivity contribution is 0.0697. The molecule has 19 heavy (non-hydrogen) atoms. The van der Waals surface area contributed by atoms with Crippen LogP contribution < -0.4 is 5.73 Å². The minimum absolute atomic E-state index is 0.146. The Morgan fingerprint density at radius 2 is 2.00 bits per heavy atom. The number of hydrogen-bond acceptors (Lipinski definition) is 3. The number of halogens is 1. The van der Waals surface area contributed by atoms with E-state index in [9.17, 15) is 9.18 Å². The number of anilines is 1. The van der Waals surface area contributed by atoms with Crippen molar-refractivity contribution in [2.24, 2.45) is 0 Å². The Balaban J connectivity index is 2.12. The Hall–Kier alpha value is -2.01. The summed E-state index contributed by atoms with van der Waals surface area (Å²) in [6.45, 7) is 0. The van der Waals surface area contributed by atoms with Crippen LogP contribution in [0.1, 0.15) is 15.9 Å². The molecule has 3 N–H and O–H groups in total. The summed E-state index contributed by atoms with van der Waals surface area (Å²) in [4.78, 5) is 11.5. The van der Waals surface area contributed by atoms with Crippen molar-refractivity contribution in [3.8, 4) is 0 Å². The van der Waals surface area contributed by atoms with Gasteiger partial charge in [-0.1, -0.05) is 18.2 Å². The van der Waals surface area contributed by atoms with Crippen molar-refractivity contribution in [2.45, 2.75) is 10.6 Å². The number of nitrogens with two attached hydrogens (primary N) is 1. The van der Waals surface area contributed by atoms with Gasteiger partial charge < -0.3 is 10.8 Å². The molecule has 0 heterocycles. The van der Waals surface area contributed by atoms with Gasteiger partial charge in [-0.2, -0.15) is 0 Å². The summed E-state index contributed by atoms with van der Waals surface area (Å²) >= 11 is 1.38. The molecule has 0 spiro atoms. The number of thioether (sulfide) groups is 1. The van der Waals surface area contributed by atoms with Crippen LogP contribution in [0.3, 0.4) is 0 Å². The molecule has 0 bridgehead atoms. The SMILES string of the molecule is Nc1cc(C(=O)O)ccc1SCc1ccccc1F. The van der Waals surface area contributed by atoms with Gasteiger partial charge in [0.25, 0.3) is 0 Å². The van der Waals surface area contributed by atoms with Gasteiger partial charge in [-0.25, -0.2) is 9.18 Å². The maximum Gasteiger partial charge on any atom is 0.335 e. The maximum absolute atomic E-state index is 13.4. The molecule has 0 saturated heterocycles. The van der Waals surface area contributed by atoms with Gasteiger partial charge in [0.2, 0.25) is 0 Å². The Morgan fingerprint density at radius 1 is 1.26 bits per heavy atom. The van der Waals surface area contributed by atoms with Crippen LogP contribution in [-0.4, -0.2) is 11.1 Å². The van der Waals surface area contributed by atoms with Crippen LogP contribution in [0.5, 0.6) is 0 Å². The molecule has 0 fully saturated rings. The molecule has 2 rings (SSSR count). The van der Waals surface area contributed by atoms with E-state index in [4.69, 9.17) is 10.8 Å². The monoisotopic (exact) mass is 277 g/mol. The molecule has 5 heteroatoms. The van der Waals surface area contributed by atoms with E-state index in [0.29, 0.717) is 17.0 Å². The standard InChI is InChI=1S/C14H12FNO2S/c15-11-4-2-1-3-10(11)8-19-13-6-5-9(14(17)18)7-12(13)16/h1-7H,8,16H2,(H,17,18). The van der Waals surface area contributed by atoms with Crippen LogP contribution in [0.15, 0.2) is 47.4 Å². The molecule has 0 aliphatic rings. The molecule has 0 aliphatic heterocycles. The van der Waals surface area contributed by atoms with Gasteiger partial charge in [0, 0.05) is 16.3 Å². The molecule has 98 valence electrons. The third-order valence-electron chi connectivity index (χ3n) is 2.60. The van der Waals surface area contributed by atoms with Gasteiger partial charge in [0.1, 0.15) is 5.82 Å². The number of aromatic carboxylic acids is 1. The molecule has 0 amide bonds. The zero-order valence-electron chi connectivity index (χ0n) is 9.97. The van der Waals surface area contributed by atoms with Crippen LogP contribution in [0.2, 0.25) is 0 Å². The Labute approximate surface area is 114 Å². The van der Waals surface area contributed by atoms with Crippen LogP contribution in [0, 0.1) is 5.82 Å². The second-order valence-corrected chi connectivity index (χ2v) is 4.96. The van der Waals surface area contributed by atoms with Gasteiger partial charge in [-0.05, 0) is 29.8 Å². The largest absolute Gasteiger partial charge is 0.478 e. The Morgan fingerprint density at radius 3 is 2.63 bits per heavy atom. The average Bonchev–Trinajstić information content (AvgIpc) is 2.39. The molecule has 0 aliphatic carbocycles. The fraction of sp³-hybridized carbons (Fsp3) is 0.0714. The van der Waals surface area contributed by atoms with E-state index >= 15 is 0 Å². The Kier molecular flexibility index (Phi) is 4.06. The molecular formula is C14H12FNO2S. The number of nitrogen functional groups attached to an aromatic ring is 1. The number of carbonyl (C=O) groups is 1. The highest BCUT2D eigenvalue weighted by atomic mass is 32.2. The lowest BCUT2D eigenvalue weighted by atomic mass is 10.2. The van der Waals surface area contributed by atoms with Crippen LogP contribution in [0.25, 0.3) is 0 Å². The topological polar surface area (TPSA) is 63.3 Å². The van der Waals surface area contributed by atoms with E-state index in [-0.39, 0.29) is 11.4 Å². The van der Waals surface area contributed by atoms with Crippen molar-refractivity contribution < 1.29 is 14.3 Å². The number of carboxylic acid groups (broad SMARTS) is 1. The van der Waals surface area contributed by atoms with Gasteiger partial charge in [-0.3, -0.25) is 0 Å². The second-order valence-electron chi connectivity index (χ2n) is 3.94. The number of hydrogen-bond donors (Lipinski definition) is 2. The van der Waals surface area contributed by atoms with Gasteiger partial charge in [-0.15, -0.1) is 11.8 Å². The summed E-state index contributed by atoms with van der Waals surface area (Å²) in [5, 5.41) is 8.83. The smallest absolute Gasteiger partial charge is 0.335 e. The summed E-state index contributed by atoms with van der Waals surface area (Å²) < 4.78 is 13.4. The second kappa shape index (κ2) is 5.75. The summed E-state index contributed by atoms with van der Waals surface area (Å²) in [6.07, 6.45) is 0. The van der Waals surface area contributed by atoms with Gasteiger partial charge in [0.15, 0.2) is 0 Å². The lowest BCUT2D eigenvalue weighted by Crippen LogP contribution is -1.99. The highest BCUT2D eigenvalue weighted by Gasteiger charge is 2.08. The van der Waals surface area contributed by atoms with Crippen molar-refractivity contribution in [3.05, 3.63) is 59.4 Å². The Bertz CT molecular complexity index is 616. The van der Waals surface area contributed by atoms with Gasteiger partial charge in [0.05, 0.1) is 5.56 Å². The van der Waals surface area contributed by atoms with E-state index in [1.165, 1.54) is 30.0 Å². The summed E-state index contributed by atoms with van der Waals surface area (Å²) in [7, 11) is 0. The quantitative estimate of drug-likeness (QED) is 0.664. The molecule has 3 nitrogen and oxygen atoms in total. The van der Waals surface area contributed by atoms with Gasteiger partial charge >= 0.3 is 5.97 Å². The molecule has 2 aromatic rings. The third-order valence-corrected chi connectivity index (χ3v) is 3.74. The highest BCUT2D eigenvalue weighted by Crippen LogP contribution is 2.29. The zero-order chi connectivity index (χ0) is 13.8.